The van der Waals surface area contributed by atoms with Gasteiger partial charge in [0.05, 0.1) is 12.1 Å². The second-order valence-electron chi connectivity index (χ2n) is 8.00. The van der Waals surface area contributed by atoms with E-state index in [0.717, 1.165) is 52.1 Å². The van der Waals surface area contributed by atoms with Gasteiger partial charge in [0.2, 0.25) is 5.91 Å². The Morgan fingerprint density at radius 3 is 1.68 bits per heavy atom. The van der Waals surface area contributed by atoms with E-state index in [9.17, 15) is 4.79 Å². The van der Waals surface area contributed by atoms with Crippen LogP contribution in [-0.2, 0) is 4.79 Å². The van der Waals surface area contributed by atoms with Gasteiger partial charge in [0.15, 0.2) is 0 Å². The molecule has 0 bridgehead atoms. The average Bonchev–Trinajstić information content (AvgIpc) is 3.30. The highest BCUT2D eigenvalue weighted by molar-refractivity contribution is 5.81. The van der Waals surface area contributed by atoms with Gasteiger partial charge >= 0.3 is 0 Å². The summed E-state index contributed by atoms with van der Waals surface area (Å²) in [5, 5.41) is 0. The first kappa shape index (κ1) is 19.2. The molecule has 0 radical (unpaired) electrons. The van der Waals surface area contributed by atoms with Crippen molar-refractivity contribution in [3.8, 4) is 0 Å². The van der Waals surface area contributed by atoms with Crippen LogP contribution in [0.3, 0.4) is 0 Å². The number of hydrogen-bond donors (Lipinski definition) is 0. The molecule has 4 heteroatoms. The maximum Gasteiger partial charge on any atom is 0.239 e. The lowest BCUT2D eigenvalue weighted by atomic mass is 9.96. The van der Waals surface area contributed by atoms with Gasteiger partial charge < -0.3 is 4.90 Å². The maximum absolute atomic E-state index is 12.8. The Morgan fingerprint density at radius 1 is 0.714 bits per heavy atom. The number of carbonyl (C=O) groups is 1. The monoisotopic (exact) mass is 377 g/mol. The summed E-state index contributed by atoms with van der Waals surface area (Å²) in [6.45, 7) is 7.80. The first-order valence-electron chi connectivity index (χ1n) is 10.6. The molecule has 148 valence electrons. The quantitative estimate of drug-likeness (QED) is 0.799. The zero-order chi connectivity index (χ0) is 19.3. The van der Waals surface area contributed by atoms with Crippen LogP contribution in [0.1, 0.15) is 36.9 Å². The second kappa shape index (κ2) is 8.89. The molecule has 0 aliphatic carbocycles. The lowest BCUT2D eigenvalue weighted by molar-refractivity contribution is -0.136. The van der Waals surface area contributed by atoms with Crippen LogP contribution in [0.2, 0.25) is 0 Å². The Kier molecular flexibility index (Phi) is 6.08. The minimum atomic E-state index is -0.00727. The Hall–Kier alpha value is -2.17. The van der Waals surface area contributed by atoms with E-state index in [1.54, 1.807) is 0 Å². The number of rotatable bonds is 5. The van der Waals surface area contributed by atoms with E-state index in [2.05, 4.69) is 77.4 Å². The summed E-state index contributed by atoms with van der Waals surface area (Å²) < 4.78 is 0. The van der Waals surface area contributed by atoms with Crippen molar-refractivity contribution in [2.75, 3.05) is 39.3 Å². The van der Waals surface area contributed by atoms with Gasteiger partial charge in [-0.15, -0.1) is 0 Å². The minimum absolute atomic E-state index is 0.00727. The molecule has 2 heterocycles. The second-order valence-corrected chi connectivity index (χ2v) is 8.00. The largest absolute Gasteiger partial charge is 0.341 e. The lowest BCUT2D eigenvalue weighted by Crippen LogP contribution is -2.54. The number of benzene rings is 2. The molecule has 2 aliphatic heterocycles. The van der Waals surface area contributed by atoms with Gasteiger partial charge in [0, 0.05) is 39.3 Å². The van der Waals surface area contributed by atoms with E-state index in [0.29, 0.717) is 5.91 Å². The summed E-state index contributed by atoms with van der Waals surface area (Å²) in [7, 11) is 0. The highest BCUT2D eigenvalue weighted by atomic mass is 16.2. The first-order chi connectivity index (χ1) is 13.7. The lowest BCUT2D eigenvalue weighted by Gasteiger charge is -2.42. The van der Waals surface area contributed by atoms with E-state index in [1.165, 1.54) is 11.1 Å². The molecule has 0 spiro atoms. The van der Waals surface area contributed by atoms with Crippen molar-refractivity contribution >= 4 is 5.91 Å². The van der Waals surface area contributed by atoms with Gasteiger partial charge in [-0.2, -0.15) is 0 Å². The third-order valence-electron chi connectivity index (χ3n) is 6.27. The van der Waals surface area contributed by atoms with Crippen LogP contribution in [0.4, 0.5) is 0 Å². The van der Waals surface area contributed by atoms with Crippen LogP contribution < -0.4 is 0 Å². The van der Waals surface area contributed by atoms with Gasteiger partial charge in [-0.3, -0.25) is 14.6 Å². The van der Waals surface area contributed by atoms with Crippen LogP contribution >= 0.6 is 0 Å². The number of hydrogen-bond acceptors (Lipinski definition) is 3. The first-order valence-corrected chi connectivity index (χ1v) is 10.6. The smallest absolute Gasteiger partial charge is 0.239 e. The predicted octanol–water partition coefficient (Wildman–Crippen LogP) is 3.40. The maximum atomic E-state index is 12.8. The fourth-order valence-electron chi connectivity index (χ4n) is 4.63. The Labute approximate surface area is 168 Å². The fraction of sp³-hybridized carbons (Fsp3) is 0.458. The minimum Gasteiger partial charge on any atom is -0.341 e. The van der Waals surface area contributed by atoms with Crippen molar-refractivity contribution in [1.29, 1.82) is 0 Å². The van der Waals surface area contributed by atoms with Crippen molar-refractivity contribution < 1.29 is 4.79 Å². The molecule has 1 amide bonds. The standard InChI is InChI=1S/C24H31N3O/c1-20(24(28)27-14-8-9-15-27)25-16-18-26(19-17-25)23(21-10-4-2-5-11-21)22-12-6-3-7-13-22/h2-7,10-13,20,23H,8-9,14-19H2,1H3/t20-/m1/s1. The molecule has 2 saturated heterocycles. The van der Waals surface area contributed by atoms with Crippen LogP contribution in [0.15, 0.2) is 60.7 Å². The van der Waals surface area contributed by atoms with Gasteiger partial charge in [-0.05, 0) is 30.9 Å². The van der Waals surface area contributed by atoms with Crippen molar-refractivity contribution in [3.05, 3.63) is 71.8 Å². The van der Waals surface area contributed by atoms with E-state index < -0.39 is 0 Å². The van der Waals surface area contributed by atoms with Gasteiger partial charge in [0.25, 0.3) is 0 Å². The molecule has 0 N–H and O–H groups in total. The molecule has 2 aromatic rings. The topological polar surface area (TPSA) is 26.8 Å². The third-order valence-corrected chi connectivity index (χ3v) is 6.27. The number of nitrogens with zero attached hydrogens (tertiary/aromatic N) is 3. The van der Waals surface area contributed by atoms with Gasteiger partial charge in [0.1, 0.15) is 0 Å². The SMILES string of the molecule is C[C@H](C(=O)N1CCCC1)N1CCN(C(c2ccccc2)c2ccccc2)CC1. The van der Waals surface area contributed by atoms with E-state index >= 15 is 0 Å². The average molecular weight is 378 g/mol. The molecule has 0 unspecified atom stereocenters. The molecule has 2 fully saturated rings. The highest BCUT2D eigenvalue weighted by Gasteiger charge is 2.32. The summed E-state index contributed by atoms with van der Waals surface area (Å²) >= 11 is 0. The molecular weight excluding hydrogens is 346 g/mol. The van der Waals surface area contributed by atoms with Crippen LogP contribution in [0.5, 0.6) is 0 Å². The molecule has 2 aromatic carbocycles. The Balaban J connectivity index is 1.45. The summed E-state index contributed by atoms with van der Waals surface area (Å²) in [6.07, 6.45) is 2.31. The molecular formula is C24H31N3O. The summed E-state index contributed by atoms with van der Waals surface area (Å²) in [6, 6.07) is 21.8. The van der Waals surface area contributed by atoms with Crippen molar-refractivity contribution in [3.63, 3.8) is 0 Å². The van der Waals surface area contributed by atoms with E-state index in [1.807, 2.05) is 4.90 Å². The summed E-state index contributed by atoms with van der Waals surface area (Å²) in [4.78, 5) is 19.8. The van der Waals surface area contributed by atoms with Gasteiger partial charge in [-0.25, -0.2) is 0 Å². The molecule has 4 rings (SSSR count). The van der Waals surface area contributed by atoms with Crippen molar-refractivity contribution in [2.45, 2.75) is 31.8 Å². The number of piperazine rings is 1. The van der Waals surface area contributed by atoms with Crippen LogP contribution in [-0.4, -0.2) is 65.9 Å². The van der Waals surface area contributed by atoms with Crippen molar-refractivity contribution in [1.82, 2.24) is 14.7 Å². The highest BCUT2D eigenvalue weighted by Crippen LogP contribution is 2.29. The van der Waals surface area contributed by atoms with Crippen molar-refractivity contribution in [2.24, 2.45) is 0 Å². The Morgan fingerprint density at radius 2 is 1.18 bits per heavy atom. The predicted molar refractivity (Wildman–Crippen MR) is 113 cm³/mol. The fourth-order valence-corrected chi connectivity index (χ4v) is 4.63. The third kappa shape index (κ3) is 4.13. The molecule has 4 nitrogen and oxygen atoms in total. The van der Waals surface area contributed by atoms with Gasteiger partial charge in [-0.1, -0.05) is 60.7 Å². The van der Waals surface area contributed by atoms with Crippen LogP contribution in [0, 0.1) is 0 Å². The molecule has 1 atom stereocenters. The summed E-state index contributed by atoms with van der Waals surface area (Å²) in [5.41, 5.74) is 2.67. The van der Waals surface area contributed by atoms with E-state index in [4.69, 9.17) is 0 Å². The normalized spacial score (nSPS) is 19.9. The number of likely N-dealkylation sites (tertiary alicyclic amines) is 1. The molecule has 2 aliphatic rings. The van der Waals surface area contributed by atoms with Crippen LogP contribution in [0.25, 0.3) is 0 Å². The zero-order valence-electron chi connectivity index (χ0n) is 16.8. The molecule has 0 aromatic heterocycles. The number of carbonyl (C=O) groups excluding carboxylic acids is 1. The molecule has 28 heavy (non-hydrogen) atoms. The van der Waals surface area contributed by atoms with E-state index in [-0.39, 0.29) is 12.1 Å². The Bertz CT molecular complexity index is 710. The summed E-state index contributed by atoms with van der Waals surface area (Å²) in [5.74, 6) is 0.314. The zero-order valence-corrected chi connectivity index (χ0v) is 16.8. The number of amides is 1. The molecule has 0 saturated carbocycles.